The van der Waals surface area contributed by atoms with E-state index in [0.717, 1.165) is 4.48 Å². The standard InChI is InChI=1S/C8H16N2O.C4F10NO4S2/c1-7(2)8(11)9-6-10(3,4)5;5-1(6,7)3(11,12)20(16,17)15-21(18,19)4(13,14)2(8,9)10/h1,6H2,2-5H3;/q;-1/p+1. The summed E-state index contributed by atoms with van der Waals surface area (Å²) >= 11 is 0. The van der Waals surface area contributed by atoms with Crippen LogP contribution in [0.2, 0.25) is 0 Å². The average Bonchev–Trinajstić information content (AvgIpc) is 2.48. The molecule has 8 nitrogen and oxygen atoms in total. The number of carbonyl (C=O) groups is 1. The maximum atomic E-state index is 12.3. The fourth-order valence-corrected chi connectivity index (χ4v) is 3.34. The van der Waals surface area contributed by atoms with Crippen molar-refractivity contribution in [2.45, 2.75) is 29.8 Å². The van der Waals surface area contributed by atoms with Gasteiger partial charge in [-0.2, -0.15) is 43.9 Å². The summed E-state index contributed by atoms with van der Waals surface area (Å²) in [6.07, 6.45) is -14.0. The fraction of sp³-hybridized carbons (Fsp3) is 0.750. The quantitative estimate of drug-likeness (QED) is 0.232. The number of sulfonamides is 2. The molecule has 0 heterocycles. The van der Waals surface area contributed by atoms with Crippen molar-refractivity contribution < 1.29 is 70.0 Å². The molecule has 0 fully saturated rings. The van der Waals surface area contributed by atoms with E-state index in [0.29, 0.717) is 16.4 Å². The number of hydrogen-bond acceptors (Lipinski definition) is 5. The van der Waals surface area contributed by atoms with E-state index in [4.69, 9.17) is 0 Å². The maximum Gasteiger partial charge on any atom is 0.467 e. The Morgan fingerprint density at radius 2 is 1.09 bits per heavy atom. The summed E-state index contributed by atoms with van der Waals surface area (Å²) in [6.45, 7) is 5.87. The van der Waals surface area contributed by atoms with Crippen LogP contribution in [-0.4, -0.2) is 77.9 Å². The lowest BCUT2D eigenvalue weighted by atomic mass is 10.3. The molecule has 0 saturated carbocycles. The Kier molecular flexibility index (Phi) is 9.83. The van der Waals surface area contributed by atoms with Crippen LogP contribution in [0.3, 0.4) is 0 Å². The molecular weight excluding hydrogens is 520 g/mol. The Morgan fingerprint density at radius 3 is 1.28 bits per heavy atom. The minimum absolute atomic E-state index is 0.0712. The second-order valence-electron chi connectivity index (χ2n) is 6.79. The number of carbonyl (C=O) groups excluding carboxylic acids is 1. The van der Waals surface area contributed by atoms with Crippen LogP contribution in [0.4, 0.5) is 43.9 Å². The van der Waals surface area contributed by atoms with Gasteiger partial charge in [-0.3, -0.25) is 4.79 Å². The van der Waals surface area contributed by atoms with Gasteiger partial charge in [0.25, 0.3) is 5.91 Å². The van der Waals surface area contributed by atoms with Gasteiger partial charge in [0.2, 0.25) is 0 Å². The molecule has 0 radical (unpaired) electrons. The van der Waals surface area contributed by atoms with Gasteiger partial charge in [-0.15, -0.1) is 0 Å². The first-order chi connectivity index (χ1) is 13.5. The van der Waals surface area contributed by atoms with E-state index >= 15 is 0 Å². The number of alkyl halides is 10. The van der Waals surface area contributed by atoms with E-state index in [1.165, 1.54) is 0 Å². The highest BCUT2D eigenvalue weighted by Gasteiger charge is 2.68. The van der Waals surface area contributed by atoms with Crippen LogP contribution in [-0.2, 0) is 24.8 Å². The van der Waals surface area contributed by atoms with Crippen LogP contribution in [0.1, 0.15) is 6.92 Å². The number of halogens is 10. The van der Waals surface area contributed by atoms with Gasteiger partial charge in [-0.05, 0) is 6.92 Å². The first-order valence-corrected chi connectivity index (χ1v) is 10.3. The highest BCUT2D eigenvalue weighted by Crippen LogP contribution is 2.47. The van der Waals surface area contributed by atoms with Crippen molar-refractivity contribution in [3.05, 3.63) is 16.3 Å². The van der Waals surface area contributed by atoms with E-state index in [9.17, 15) is 65.5 Å². The predicted molar refractivity (Wildman–Crippen MR) is 89.1 cm³/mol. The molecule has 1 N–H and O–H groups in total. The Morgan fingerprint density at radius 1 is 0.812 bits per heavy atom. The molecule has 0 unspecified atom stereocenters. The van der Waals surface area contributed by atoms with E-state index in [1.807, 2.05) is 21.1 Å². The number of amides is 1. The van der Waals surface area contributed by atoms with Crippen molar-refractivity contribution in [3.8, 4) is 0 Å². The third-order valence-electron chi connectivity index (χ3n) is 2.61. The van der Waals surface area contributed by atoms with Gasteiger partial charge in [0.15, 0.2) is 26.7 Å². The molecule has 1 amide bonds. The lowest BCUT2D eigenvalue weighted by Gasteiger charge is -2.31. The van der Waals surface area contributed by atoms with Crippen molar-refractivity contribution in [3.63, 3.8) is 0 Å². The van der Waals surface area contributed by atoms with E-state index in [1.54, 1.807) is 6.92 Å². The molecule has 0 aliphatic heterocycles. The van der Waals surface area contributed by atoms with Crippen LogP contribution in [0.15, 0.2) is 12.2 Å². The van der Waals surface area contributed by atoms with Crippen LogP contribution in [0.25, 0.3) is 4.13 Å². The number of quaternary nitrogens is 1. The zero-order valence-corrected chi connectivity index (χ0v) is 18.1. The SMILES string of the molecule is C=C(C)C(=O)NC[N+](C)(C)C.O=S(=O)([N-]S(=O)(=O)C(F)(F)C(F)(F)F)C(F)(F)C(F)(F)F. The van der Waals surface area contributed by atoms with Crippen LogP contribution < -0.4 is 5.32 Å². The molecule has 0 saturated heterocycles. The van der Waals surface area contributed by atoms with Crippen molar-refractivity contribution in [1.82, 2.24) is 5.32 Å². The number of nitrogens with one attached hydrogen (secondary N) is 1. The average molecular weight is 537 g/mol. The van der Waals surface area contributed by atoms with Crippen molar-refractivity contribution in [2.75, 3.05) is 27.8 Å². The van der Waals surface area contributed by atoms with Crippen molar-refractivity contribution in [2.24, 2.45) is 0 Å². The Hall–Kier alpha value is -1.67. The third kappa shape index (κ3) is 8.35. The lowest BCUT2D eigenvalue weighted by molar-refractivity contribution is -0.872. The topological polar surface area (TPSA) is 111 Å². The largest absolute Gasteiger partial charge is 0.467 e. The zero-order chi connectivity index (χ0) is 26.8. The van der Waals surface area contributed by atoms with Crippen LogP contribution >= 0.6 is 0 Å². The predicted octanol–water partition coefficient (Wildman–Crippen LogP) is 2.67. The molecule has 0 aromatic heterocycles. The van der Waals surface area contributed by atoms with Crippen molar-refractivity contribution in [1.29, 1.82) is 0 Å². The summed E-state index contributed by atoms with van der Waals surface area (Å²) in [6, 6.07) is 0. The van der Waals surface area contributed by atoms with Gasteiger partial charge >= 0.3 is 22.9 Å². The van der Waals surface area contributed by atoms with Crippen LogP contribution in [0.5, 0.6) is 0 Å². The van der Waals surface area contributed by atoms with Gasteiger partial charge in [0, 0.05) is 5.57 Å². The molecule has 0 aliphatic rings. The minimum Gasteiger partial charge on any atom is -0.425 e. The molecule has 0 spiro atoms. The third-order valence-corrected chi connectivity index (χ3v) is 5.93. The molecule has 0 aromatic rings. The molecule has 0 atom stereocenters. The molecule has 0 rings (SSSR count). The zero-order valence-electron chi connectivity index (χ0n) is 16.4. The van der Waals surface area contributed by atoms with Crippen LogP contribution in [0, 0.1) is 0 Å². The number of nitrogens with zero attached hydrogens (tertiary/aromatic N) is 2. The fourth-order valence-electron chi connectivity index (χ4n) is 0.975. The monoisotopic (exact) mass is 537 g/mol. The summed E-state index contributed by atoms with van der Waals surface area (Å²) < 4.78 is 162. The summed E-state index contributed by atoms with van der Waals surface area (Å²) in [7, 11) is -9.20. The first kappa shape index (κ1) is 32.5. The molecule has 192 valence electrons. The maximum absolute atomic E-state index is 12.3. The highest BCUT2D eigenvalue weighted by molar-refractivity contribution is 8.13. The lowest BCUT2D eigenvalue weighted by Crippen LogP contribution is -2.48. The van der Waals surface area contributed by atoms with E-state index < -0.39 is 42.9 Å². The molecule has 32 heavy (non-hydrogen) atoms. The Balaban J connectivity index is 0. The molecular formula is C12H17F10N3O5S2. The van der Waals surface area contributed by atoms with Gasteiger partial charge in [-0.1, -0.05) is 6.58 Å². The second-order valence-corrected chi connectivity index (χ2v) is 10.3. The smallest absolute Gasteiger partial charge is 0.425 e. The van der Waals surface area contributed by atoms with E-state index in [-0.39, 0.29) is 5.91 Å². The summed E-state index contributed by atoms with van der Waals surface area (Å²) in [5, 5.41) is -11.2. The van der Waals surface area contributed by atoms with Gasteiger partial charge in [0.1, 0.15) is 0 Å². The number of rotatable bonds is 7. The number of hydrogen-bond donors (Lipinski definition) is 1. The Bertz CT molecular complexity index is 849. The summed E-state index contributed by atoms with van der Waals surface area (Å²) in [4.78, 5) is 11.0. The molecule has 20 heteroatoms. The Labute approximate surface area is 175 Å². The highest BCUT2D eigenvalue weighted by atomic mass is 32.3. The van der Waals surface area contributed by atoms with Gasteiger partial charge < -0.3 is 13.9 Å². The minimum atomic E-state index is -7.62. The van der Waals surface area contributed by atoms with Gasteiger partial charge in [0.05, 0.1) is 21.1 Å². The molecule has 0 aromatic carbocycles. The second kappa shape index (κ2) is 9.67. The molecule has 0 bridgehead atoms. The molecule has 0 aliphatic carbocycles. The normalized spacial score (nSPS) is 14.3. The summed E-state index contributed by atoms with van der Waals surface area (Å²) in [5.41, 5.74) is 0.554. The first-order valence-electron chi connectivity index (χ1n) is 7.40. The van der Waals surface area contributed by atoms with E-state index in [2.05, 4.69) is 11.9 Å². The summed E-state index contributed by atoms with van der Waals surface area (Å²) in [5.74, 6) is -0.0712. The van der Waals surface area contributed by atoms with Crippen molar-refractivity contribution >= 4 is 26.0 Å². The van der Waals surface area contributed by atoms with Gasteiger partial charge in [-0.25, -0.2) is 16.8 Å².